The van der Waals surface area contributed by atoms with Gasteiger partial charge in [-0.25, -0.2) is 0 Å². The number of carbonyl (C=O) groups is 2. The van der Waals surface area contributed by atoms with E-state index in [1.807, 2.05) is 11.8 Å². The van der Waals surface area contributed by atoms with E-state index in [9.17, 15) is 35.1 Å². The lowest BCUT2D eigenvalue weighted by molar-refractivity contribution is -0.311. The molecule has 3 aliphatic rings. The zero-order valence-electron chi connectivity index (χ0n) is 32.1. The van der Waals surface area contributed by atoms with Crippen LogP contribution in [0.3, 0.4) is 0 Å². The zero-order valence-corrected chi connectivity index (χ0v) is 32.1. The third kappa shape index (κ3) is 9.43. The van der Waals surface area contributed by atoms with Crippen LogP contribution >= 0.6 is 0 Å². The largest absolute Gasteiger partial charge is 0.459 e. The molecule has 292 valence electrons. The summed E-state index contributed by atoms with van der Waals surface area (Å²) in [5.41, 5.74) is -4.52. The number of esters is 1. The number of hydrogen-bond donors (Lipinski definition) is 5. The van der Waals surface area contributed by atoms with E-state index >= 15 is 0 Å². The van der Waals surface area contributed by atoms with Gasteiger partial charge in [0.2, 0.25) is 0 Å². The van der Waals surface area contributed by atoms with Crippen LogP contribution in [0, 0.1) is 17.8 Å². The molecular weight excluding hydrogens is 654 g/mol. The van der Waals surface area contributed by atoms with Crippen molar-refractivity contribution in [1.82, 2.24) is 4.90 Å². The van der Waals surface area contributed by atoms with Gasteiger partial charge in [-0.3, -0.25) is 9.59 Å². The van der Waals surface area contributed by atoms with Gasteiger partial charge in [0.25, 0.3) is 0 Å². The van der Waals surface area contributed by atoms with Crippen molar-refractivity contribution in [3.05, 3.63) is 0 Å². The average Bonchev–Trinajstić information content (AvgIpc) is 3.03. The van der Waals surface area contributed by atoms with Crippen LogP contribution in [-0.4, -0.2) is 147 Å². The molecule has 0 aliphatic carbocycles. The summed E-state index contributed by atoms with van der Waals surface area (Å²) in [6.45, 7) is 17.3. The summed E-state index contributed by atoms with van der Waals surface area (Å²) < 4.78 is 36.6. The molecule has 0 aromatic heterocycles. The predicted molar refractivity (Wildman–Crippen MR) is 182 cm³/mol. The highest BCUT2D eigenvalue weighted by atomic mass is 16.7. The Balaban J connectivity index is 2.16. The highest BCUT2D eigenvalue weighted by Gasteiger charge is 2.52. The molecule has 3 aliphatic heterocycles. The molecule has 0 amide bonds. The molecular formula is C36H65NO13. The number of likely N-dealkylation sites (N-methyl/N-ethyl adjacent to an activating group) is 1. The van der Waals surface area contributed by atoms with Gasteiger partial charge in [-0.1, -0.05) is 20.8 Å². The Labute approximate surface area is 297 Å². The van der Waals surface area contributed by atoms with Gasteiger partial charge in [-0.15, -0.1) is 0 Å². The van der Waals surface area contributed by atoms with Crippen molar-refractivity contribution in [3.8, 4) is 0 Å². The Kier molecular flexibility index (Phi) is 14.5. The SMILES string of the molecule is CC[C@@H]1OC(=O)[C@H](C)[C@H](O[C@@H]2C[C@](C)(OC)[C@H](O)[C@H](C)O2)[C@@H](C)[C@H](O[C@@H]2O[C@H](C)CC(=O)[C@@H]2O)[C@](C)(O)C[C@H](C)CN(C)[C@H](C)[C@@H](O)[C@]1(C)O. The Morgan fingerprint density at radius 1 is 0.920 bits per heavy atom. The standard InChI is InChI=1S/C36H65NO13/c1-13-25-36(10,44)29(40)22(6)37(11)17-18(2)15-34(8,43)31(50-33-27(39)24(38)14-19(3)46-33)20(4)28(21(5)32(42)48-25)49-26-16-35(9,45-12)30(41)23(7)47-26/h18-23,25-31,33,39-41,43-44H,13-17H2,1-12H3/t18-,19+,20+,21+,22+,23-,25-,26+,27-,28+,29+,30+,31-,33-,34+,35-,36+/m0/s1. The molecule has 0 radical (unpaired) electrons. The van der Waals surface area contributed by atoms with Crippen LogP contribution in [0.25, 0.3) is 0 Å². The number of ether oxygens (including phenoxy) is 6. The summed E-state index contributed by atoms with van der Waals surface area (Å²) in [5, 5.41) is 57.1. The first kappa shape index (κ1) is 43.1. The Hall–Kier alpha value is -1.30. The van der Waals surface area contributed by atoms with Crippen LogP contribution in [-0.2, 0) is 38.0 Å². The molecule has 3 heterocycles. The van der Waals surface area contributed by atoms with E-state index in [1.165, 1.54) is 14.0 Å². The summed E-state index contributed by atoms with van der Waals surface area (Å²) in [6, 6.07) is -0.566. The van der Waals surface area contributed by atoms with Gasteiger partial charge in [0.05, 0.1) is 41.5 Å². The number of Topliss-reactive ketones (excluding diaryl/α,β-unsaturated/α-hetero) is 1. The van der Waals surface area contributed by atoms with E-state index in [4.69, 9.17) is 28.4 Å². The lowest BCUT2D eigenvalue weighted by atomic mass is 9.77. The molecule has 14 heteroatoms. The second-order valence-corrected chi connectivity index (χ2v) is 16.0. The maximum absolute atomic E-state index is 14.1. The molecule has 3 rings (SSSR count). The molecule has 0 spiro atoms. The van der Waals surface area contributed by atoms with Gasteiger partial charge in [0.15, 0.2) is 24.5 Å². The van der Waals surface area contributed by atoms with Crippen molar-refractivity contribution in [2.75, 3.05) is 20.7 Å². The van der Waals surface area contributed by atoms with Crippen molar-refractivity contribution in [2.45, 2.75) is 179 Å². The molecule has 3 fully saturated rings. The van der Waals surface area contributed by atoms with Crippen molar-refractivity contribution in [1.29, 1.82) is 0 Å². The van der Waals surface area contributed by atoms with Crippen LogP contribution < -0.4 is 0 Å². The van der Waals surface area contributed by atoms with Crippen molar-refractivity contribution in [3.63, 3.8) is 0 Å². The fourth-order valence-corrected chi connectivity index (χ4v) is 8.10. The van der Waals surface area contributed by atoms with Crippen LogP contribution in [0.1, 0.15) is 94.9 Å². The topological polar surface area (TPSA) is 194 Å². The molecule has 0 unspecified atom stereocenters. The molecule has 0 aromatic rings. The normalized spacial score (nSPS) is 49.5. The monoisotopic (exact) mass is 719 g/mol. The number of rotatable bonds is 6. The number of aliphatic hydroxyl groups excluding tert-OH is 3. The number of methoxy groups -OCH3 is 1. The number of hydrogen-bond acceptors (Lipinski definition) is 14. The van der Waals surface area contributed by atoms with Crippen LogP contribution in [0.4, 0.5) is 0 Å². The smallest absolute Gasteiger partial charge is 0.311 e. The first-order chi connectivity index (χ1) is 23.0. The van der Waals surface area contributed by atoms with Crippen molar-refractivity contribution in [2.24, 2.45) is 17.8 Å². The van der Waals surface area contributed by atoms with E-state index in [2.05, 4.69) is 0 Å². The molecule has 0 bridgehead atoms. The first-order valence-corrected chi connectivity index (χ1v) is 18.1. The van der Waals surface area contributed by atoms with E-state index < -0.39 is 108 Å². The minimum absolute atomic E-state index is 0.00332. The number of ketones is 1. The second kappa shape index (κ2) is 16.8. The van der Waals surface area contributed by atoms with Crippen molar-refractivity contribution >= 4 is 11.8 Å². The van der Waals surface area contributed by atoms with Gasteiger partial charge in [-0.2, -0.15) is 0 Å². The second-order valence-electron chi connectivity index (χ2n) is 16.0. The summed E-state index contributed by atoms with van der Waals surface area (Å²) in [6.07, 6.45) is -10.4. The molecule has 0 aromatic carbocycles. The molecule has 50 heavy (non-hydrogen) atoms. The minimum atomic E-state index is -1.82. The van der Waals surface area contributed by atoms with E-state index in [0.29, 0.717) is 6.54 Å². The highest BCUT2D eigenvalue weighted by Crippen LogP contribution is 2.39. The maximum Gasteiger partial charge on any atom is 0.311 e. The van der Waals surface area contributed by atoms with Crippen LogP contribution in [0.2, 0.25) is 0 Å². The average molecular weight is 720 g/mol. The highest BCUT2D eigenvalue weighted by molar-refractivity contribution is 5.84. The maximum atomic E-state index is 14.1. The zero-order chi connectivity index (χ0) is 38.1. The van der Waals surface area contributed by atoms with Gasteiger partial charge < -0.3 is 58.9 Å². The molecule has 5 N–H and O–H groups in total. The molecule has 0 saturated carbocycles. The first-order valence-electron chi connectivity index (χ1n) is 18.1. The third-order valence-corrected chi connectivity index (χ3v) is 11.4. The van der Waals surface area contributed by atoms with E-state index in [0.717, 1.165) is 0 Å². The van der Waals surface area contributed by atoms with E-state index in [-0.39, 0.29) is 31.6 Å². The lowest BCUT2D eigenvalue weighted by Crippen LogP contribution is -2.59. The number of cyclic esters (lactones) is 1. The van der Waals surface area contributed by atoms with Gasteiger partial charge in [0.1, 0.15) is 23.9 Å². The Morgan fingerprint density at radius 3 is 2.12 bits per heavy atom. The lowest BCUT2D eigenvalue weighted by Gasteiger charge is -2.48. The Morgan fingerprint density at radius 2 is 1.54 bits per heavy atom. The molecule has 17 atom stereocenters. The fourth-order valence-electron chi connectivity index (χ4n) is 8.10. The predicted octanol–water partition coefficient (Wildman–Crippen LogP) is 1.54. The quantitative estimate of drug-likeness (QED) is 0.248. The van der Waals surface area contributed by atoms with Crippen LogP contribution in [0.5, 0.6) is 0 Å². The van der Waals surface area contributed by atoms with Crippen molar-refractivity contribution < 1.29 is 63.5 Å². The van der Waals surface area contributed by atoms with Gasteiger partial charge >= 0.3 is 5.97 Å². The van der Waals surface area contributed by atoms with E-state index in [1.54, 1.807) is 62.4 Å². The number of nitrogens with zero attached hydrogens (tertiary/aromatic N) is 1. The third-order valence-electron chi connectivity index (χ3n) is 11.4. The van der Waals surface area contributed by atoms with Gasteiger partial charge in [-0.05, 0) is 74.3 Å². The fraction of sp³-hybridized carbons (Fsp3) is 0.944. The summed E-state index contributed by atoms with van der Waals surface area (Å²) in [7, 11) is 3.28. The molecule has 14 nitrogen and oxygen atoms in total. The van der Waals surface area contributed by atoms with Gasteiger partial charge in [0, 0.05) is 38.5 Å². The van der Waals surface area contributed by atoms with Crippen LogP contribution in [0.15, 0.2) is 0 Å². The summed E-state index contributed by atoms with van der Waals surface area (Å²) in [4.78, 5) is 28.6. The number of aliphatic hydroxyl groups is 5. The minimum Gasteiger partial charge on any atom is -0.459 e. The molecule has 3 saturated heterocycles. The Bertz CT molecular complexity index is 1140. The summed E-state index contributed by atoms with van der Waals surface area (Å²) >= 11 is 0. The number of carbonyl (C=O) groups excluding carboxylic acids is 2. The summed E-state index contributed by atoms with van der Waals surface area (Å²) in [5.74, 6) is -3.28.